The zero-order chi connectivity index (χ0) is 19.9. The summed E-state index contributed by atoms with van der Waals surface area (Å²) in [6, 6.07) is 16.6. The molecular formula is C22H22N2O3S. The molecule has 2 aromatic rings. The third-order valence-corrected chi connectivity index (χ3v) is 5.04. The van der Waals surface area contributed by atoms with Gasteiger partial charge in [-0.05, 0) is 61.0 Å². The van der Waals surface area contributed by atoms with Crippen molar-refractivity contribution in [2.24, 2.45) is 4.99 Å². The van der Waals surface area contributed by atoms with Crippen LogP contribution < -0.4 is 0 Å². The molecule has 1 heterocycles. The Kier molecular flexibility index (Phi) is 6.66. The minimum absolute atomic E-state index is 0.0454. The Morgan fingerprint density at radius 3 is 2.46 bits per heavy atom. The van der Waals surface area contributed by atoms with Gasteiger partial charge in [-0.3, -0.25) is 9.69 Å². The van der Waals surface area contributed by atoms with E-state index >= 15 is 0 Å². The summed E-state index contributed by atoms with van der Waals surface area (Å²) in [5.41, 5.74) is 2.16. The molecule has 0 atom stereocenters. The second-order valence-corrected chi connectivity index (χ2v) is 7.15. The van der Waals surface area contributed by atoms with E-state index < -0.39 is 0 Å². The number of para-hydroxylation sites is 1. The van der Waals surface area contributed by atoms with Crippen molar-refractivity contribution in [1.29, 1.82) is 0 Å². The Labute approximate surface area is 169 Å². The zero-order valence-electron chi connectivity index (χ0n) is 15.9. The van der Waals surface area contributed by atoms with Crippen LogP contribution in [0.4, 0.5) is 5.69 Å². The molecule has 28 heavy (non-hydrogen) atoms. The lowest BCUT2D eigenvalue weighted by molar-refractivity contribution is -0.122. The minimum atomic E-state index is -0.348. The lowest BCUT2D eigenvalue weighted by Gasteiger charge is -2.13. The number of amides is 1. The van der Waals surface area contributed by atoms with Crippen molar-refractivity contribution >= 4 is 40.6 Å². The van der Waals surface area contributed by atoms with Gasteiger partial charge >= 0.3 is 5.97 Å². The first-order valence-electron chi connectivity index (χ1n) is 9.24. The highest BCUT2D eigenvalue weighted by Crippen LogP contribution is 2.34. The Hall–Kier alpha value is -2.86. The summed E-state index contributed by atoms with van der Waals surface area (Å²) in [7, 11) is 0. The molecule has 1 fully saturated rings. The maximum absolute atomic E-state index is 12.8. The fourth-order valence-electron chi connectivity index (χ4n) is 2.71. The molecular weight excluding hydrogens is 372 g/mol. The quantitative estimate of drug-likeness (QED) is 0.518. The summed E-state index contributed by atoms with van der Waals surface area (Å²) >= 11 is 1.37. The SMILES string of the molecule is CCCN1C(=O)C(=Cc2ccc(C(=O)OCC)cc2)SC1=Nc1ccccc1. The number of thioether (sulfide) groups is 1. The van der Waals surface area contributed by atoms with E-state index in [0.29, 0.717) is 28.8 Å². The second-order valence-electron chi connectivity index (χ2n) is 6.14. The fraction of sp³-hybridized carbons (Fsp3) is 0.227. The lowest BCUT2D eigenvalue weighted by atomic mass is 10.1. The van der Waals surface area contributed by atoms with E-state index in [1.54, 1.807) is 24.0 Å². The number of ether oxygens (including phenoxy) is 1. The van der Waals surface area contributed by atoms with E-state index in [9.17, 15) is 9.59 Å². The first-order chi connectivity index (χ1) is 13.6. The van der Waals surface area contributed by atoms with E-state index in [1.807, 2.05) is 55.5 Å². The van der Waals surface area contributed by atoms with Gasteiger partial charge in [0.1, 0.15) is 0 Å². The van der Waals surface area contributed by atoms with Crippen molar-refractivity contribution in [2.75, 3.05) is 13.2 Å². The van der Waals surface area contributed by atoms with Crippen LogP contribution in [-0.4, -0.2) is 35.1 Å². The Balaban J connectivity index is 1.84. The summed E-state index contributed by atoms with van der Waals surface area (Å²) in [6.45, 7) is 4.77. The van der Waals surface area contributed by atoms with Crippen LogP contribution in [-0.2, 0) is 9.53 Å². The van der Waals surface area contributed by atoms with Gasteiger partial charge in [0.2, 0.25) is 0 Å². The molecule has 2 aromatic carbocycles. The molecule has 0 radical (unpaired) electrons. The Bertz CT molecular complexity index is 905. The molecule has 0 N–H and O–H groups in total. The third kappa shape index (κ3) is 4.70. The molecule has 0 unspecified atom stereocenters. The van der Waals surface area contributed by atoms with Crippen LogP contribution in [0.15, 0.2) is 64.5 Å². The van der Waals surface area contributed by atoms with E-state index in [4.69, 9.17) is 4.74 Å². The normalized spacial score (nSPS) is 16.8. The van der Waals surface area contributed by atoms with Gasteiger partial charge in [0, 0.05) is 6.54 Å². The van der Waals surface area contributed by atoms with Crippen molar-refractivity contribution in [1.82, 2.24) is 4.90 Å². The summed E-state index contributed by atoms with van der Waals surface area (Å²) < 4.78 is 4.99. The number of hydrogen-bond acceptors (Lipinski definition) is 5. The highest BCUT2D eigenvalue weighted by Gasteiger charge is 2.32. The molecule has 1 saturated heterocycles. The van der Waals surface area contributed by atoms with Crippen LogP contribution in [0.5, 0.6) is 0 Å². The largest absolute Gasteiger partial charge is 0.462 e. The summed E-state index contributed by atoms with van der Waals surface area (Å²) in [4.78, 5) is 31.6. The molecule has 0 saturated carbocycles. The first kappa shape index (κ1) is 19.9. The molecule has 1 aliphatic rings. The molecule has 1 amide bonds. The smallest absolute Gasteiger partial charge is 0.338 e. The van der Waals surface area contributed by atoms with Gasteiger partial charge in [0.15, 0.2) is 5.17 Å². The van der Waals surface area contributed by atoms with Crippen molar-refractivity contribution in [2.45, 2.75) is 20.3 Å². The van der Waals surface area contributed by atoms with Crippen molar-refractivity contribution in [3.8, 4) is 0 Å². The number of rotatable bonds is 6. The summed E-state index contributed by atoms with van der Waals surface area (Å²) in [5, 5.41) is 0.687. The number of benzene rings is 2. The average molecular weight is 394 g/mol. The van der Waals surface area contributed by atoms with Crippen molar-refractivity contribution in [3.63, 3.8) is 0 Å². The number of aliphatic imine (C=N–C) groups is 1. The average Bonchev–Trinajstić information content (AvgIpc) is 2.99. The standard InChI is InChI=1S/C22H22N2O3S/c1-3-14-24-20(25)19(28-22(24)23-18-8-6-5-7-9-18)15-16-10-12-17(13-11-16)21(26)27-4-2/h5-13,15H,3-4,14H2,1-2H3. The number of esters is 1. The number of carbonyl (C=O) groups excluding carboxylic acids is 2. The van der Waals surface area contributed by atoms with E-state index in [0.717, 1.165) is 17.7 Å². The highest BCUT2D eigenvalue weighted by atomic mass is 32.2. The maximum Gasteiger partial charge on any atom is 0.338 e. The third-order valence-electron chi connectivity index (χ3n) is 4.04. The maximum atomic E-state index is 12.8. The van der Waals surface area contributed by atoms with Crippen molar-refractivity contribution < 1.29 is 14.3 Å². The van der Waals surface area contributed by atoms with Gasteiger partial charge < -0.3 is 4.74 Å². The van der Waals surface area contributed by atoms with E-state index in [-0.39, 0.29) is 11.9 Å². The molecule has 6 heteroatoms. The minimum Gasteiger partial charge on any atom is -0.462 e. The molecule has 0 aliphatic carbocycles. The van der Waals surface area contributed by atoms with Gasteiger partial charge in [-0.15, -0.1) is 0 Å². The van der Waals surface area contributed by atoms with Crippen LogP contribution in [0.3, 0.4) is 0 Å². The second kappa shape index (κ2) is 9.37. The topological polar surface area (TPSA) is 59.0 Å². The predicted octanol–water partition coefficient (Wildman–Crippen LogP) is 4.88. The van der Waals surface area contributed by atoms with Crippen LogP contribution in [0.25, 0.3) is 6.08 Å². The molecule has 0 spiro atoms. The predicted molar refractivity (Wildman–Crippen MR) is 114 cm³/mol. The van der Waals surface area contributed by atoms with Crippen LogP contribution in [0, 0.1) is 0 Å². The summed E-state index contributed by atoms with van der Waals surface area (Å²) in [5.74, 6) is -0.393. The first-order valence-corrected chi connectivity index (χ1v) is 10.1. The number of carbonyl (C=O) groups is 2. The van der Waals surface area contributed by atoms with Crippen molar-refractivity contribution in [3.05, 3.63) is 70.6 Å². The van der Waals surface area contributed by atoms with Gasteiger partial charge in [-0.25, -0.2) is 9.79 Å². The van der Waals surface area contributed by atoms with E-state index in [2.05, 4.69) is 4.99 Å². The monoisotopic (exact) mass is 394 g/mol. The van der Waals surface area contributed by atoms with E-state index in [1.165, 1.54) is 11.8 Å². The zero-order valence-corrected chi connectivity index (χ0v) is 16.7. The Morgan fingerprint density at radius 2 is 1.82 bits per heavy atom. The highest BCUT2D eigenvalue weighted by molar-refractivity contribution is 8.18. The molecule has 144 valence electrons. The molecule has 5 nitrogen and oxygen atoms in total. The Morgan fingerprint density at radius 1 is 1.11 bits per heavy atom. The molecule has 0 aromatic heterocycles. The van der Waals surface area contributed by atoms with Crippen LogP contribution in [0.2, 0.25) is 0 Å². The molecule has 0 bridgehead atoms. The fourth-order valence-corrected chi connectivity index (χ4v) is 3.73. The summed E-state index contributed by atoms with van der Waals surface area (Å²) in [6.07, 6.45) is 2.68. The number of hydrogen-bond donors (Lipinski definition) is 0. The van der Waals surface area contributed by atoms with Gasteiger partial charge in [0.25, 0.3) is 5.91 Å². The lowest BCUT2D eigenvalue weighted by Crippen LogP contribution is -2.29. The van der Waals surface area contributed by atoms with Crippen LogP contribution >= 0.6 is 11.8 Å². The molecule has 1 aliphatic heterocycles. The number of nitrogens with zero attached hydrogens (tertiary/aromatic N) is 2. The van der Waals surface area contributed by atoms with Crippen LogP contribution in [0.1, 0.15) is 36.2 Å². The van der Waals surface area contributed by atoms with Gasteiger partial charge in [0.05, 0.1) is 22.8 Å². The number of amidine groups is 1. The molecule has 3 rings (SSSR count). The van der Waals surface area contributed by atoms with Gasteiger partial charge in [-0.2, -0.15) is 0 Å². The van der Waals surface area contributed by atoms with Gasteiger partial charge in [-0.1, -0.05) is 37.3 Å².